The van der Waals surface area contributed by atoms with Gasteiger partial charge < -0.3 is 5.73 Å². The molecule has 0 fully saturated rings. The summed E-state index contributed by atoms with van der Waals surface area (Å²) >= 11 is 0. The van der Waals surface area contributed by atoms with Crippen LogP contribution in [0.3, 0.4) is 0 Å². The molecule has 1 heterocycles. The highest BCUT2D eigenvalue weighted by molar-refractivity contribution is 5.90. The lowest BCUT2D eigenvalue weighted by Crippen LogP contribution is -2.17. The highest BCUT2D eigenvalue weighted by atomic mass is 16.1. The number of nitrogens with zero attached hydrogens (tertiary/aromatic N) is 1. The maximum absolute atomic E-state index is 10.4. The second-order valence-electron chi connectivity index (χ2n) is 1.67. The topological polar surface area (TPSA) is 88.8 Å². The van der Waals surface area contributed by atoms with Crippen molar-refractivity contribution in [2.75, 3.05) is 0 Å². The predicted molar refractivity (Wildman–Crippen MR) is 33.4 cm³/mol. The molecule has 0 aliphatic carbocycles. The molecule has 0 spiro atoms. The summed E-state index contributed by atoms with van der Waals surface area (Å²) < 4.78 is 0. The fraction of sp³-hybridized carbons (Fsp3) is 0. The van der Waals surface area contributed by atoms with E-state index in [1.54, 1.807) is 0 Å². The number of aromatic nitrogens is 2. The largest absolute Gasteiger partial charge is 0.364 e. The Morgan fingerprint density at radius 2 is 2.30 bits per heavy atom. The summed E-state index contributed by atoms with van der Waals surface area (Å²) in [5.41, 5.74) is 4.54. The summed E-state index contributed by atoms with van der Waals surface area (Å²) in [7, 11) is 0. The molecule has 1 aromatic heterocycles. The minimum Gasteiger partial charge on any atom is -0.364 e. The lowest BCUT2D eigenvalue weighted by molar-refractivity contribution is 0.0994. The fourth-order valence-corrected chi connectivity index (χ4v) is 0.482. The van der Waals surface area contributed by atoms with Crippen LogP contribution in [0.25, 0.3) is 0 Å². The van der Waals surface area contributed by atoms with Crippen LogP contribution in [0.1, 0.15) is 10.5 Å². The zero-order valence-corrected chi connectivity index (χ0v) is 5.00. The molecule has 10 heavy (non-hydrogen) atoms. The van der Waals surface area contributed by atoms with Crippen LogP contribution in [-0.4, -0.2) is 16.1 Å². The molecule has 3 N–H and O–H groups in total. The molecule has 0 aromatic carbocycles. The van der Waals surface area contributed by atoms with Crippen molar-refractivity contribution in [2.45, 2.75) is 0 Å². The Labute approximate surface area is 55.9 Å². The first-order chi connectivity index (χ1) is 4.70. The van der Waals surface area contributed by atoms with Gasteiger partial charge in [0.2, 0.25) is 0 Å². The SMILES string of the molecule is NC(=O)c1ccc(=O)[nH]n1. The van der Waals surface area contributed by atoms with Crippen LogP contribution < -0.4 is 11.3 Å². The molecule has 5 heteroatoms. The van der Waals surface area contributed by atoms with Gasteiger partial charge in [-0.05, 0) is 6.07 Å². The number of nitrogens with one attached hydrogen (secondary N) is 1. The average molecular weight is 139 g/mol. The summed E-state index contributed by atoms with van der Waals surface area (Å²) in [6.07, 6.45) is 0. The number of carbonyl (C=O) groups is 1. The summed E-state index contributed by atoms with van der Waals surface area (Å²) in [5, 5.41) is 5.44. The Balaban J connectivity index is 3.12. The second kappa shape index (κ2) is 2.30. The van der Waals surface area contributed by atoms with Crippen molar-refractivity contribution in [1.29, 1.82) is 0 Å². The van der Waals surface area contributed by atoms with Crippen LogP contribution in [0.2, 0.25) is 0 Å². The summed E-state index contributed by atoms with van der Waals surface area (Å²) in [6.45, 7) is 0. The Morgan fingerprint density at radius 3 is 2.70 bits per heavy atom. The van der Waals surface area contributed by atoms with E-state index in [1.165, 1.54) is 12.1 Å². The van der Waals surface area contributed by atoms with Gasteiger partial charge in [-0.15, -0.1) is 0 Å². The third-order valence-electron chi connectivity index (χ3n) is 0.932. The van der Waals surface area contributed by atoms with Gasteiger partial charge in [0.05, 0.1) is 0 Å². The van der Waals surface area contributed by atoms with Gasteiger partial charge in [0.25, 0.3) is 11.5 Å². The molecule has 5 nitrogen and oxygen atoms in total. The lowest BCUT2D eigenvalue weighted by atomic mass is 10.4. The summed E-state index contributed by atoms with van der Waals surface area (Å²) in [5.74, 6) is -0.656. The van der Waals surface area contributed by atoms with Crippen molar-refractivity contribution in [3.8, 4) is 0 Å². The highest BCUT2D eigenvalue weighted by Crippen LogP contribution is 1.83. The quantitative estimate of drug-likeness (QED) is 0.515. The Hall–Kier alpha value is -1.65. The fourth-order valence-electron chi connectivity index (χ4n) is 0.482. The van der Waals surface area contributed by atoms with E-state index in [2.05, 4.69) is 10.2 Å². The lowest BCUT2D eigenvalue weighted by Gasteiger charge is -1.88. The van der Waals surface area contributed by atoms with Crippen LogP contribution in [0.5, 0.6) is 0 Å². The minimum absolute atomic E-state index is 0.0552. The molecule has 0 saturated heterocycles. The third-order valence-corrected chi connectivity index (χ3v) is 0.932. The van der Waals surface area contributed by atoms with Gasteiger partial charge in [-0.25, -0.2) is 5.10 Å². The number of hydrogen-bond donors (Lipinski definition) is 2. The van der Waals surface area contributed by atoms with Gasteiger partial charge in [0.15, 0.2) is 0 Å². The molecular formula is C5H5N3O2. The molecule has 0 radical (unpaired) electrons. The van der Waals surface area contributed by atoms with Crippen molar-refractivity contribution in [3.05, 3.63) is 28.2 Å². The standard InChI is InChI=1S/C5H5N3O2/c6-5(10)3-1-2-4(9)8-7-3/h1-2H,(H2,6,10)(H,8,9). The zero-order valence-electron chi connectivity index (χ0n) is 5.00. The van der Waals surface area contributed by atoms with E-state index in [4.69, 9.17) is 5.73 Å². The van der Waals surface area contributed by atoms with Gasteiger partial charge in [-0.2, -0.15) is 5.10 Å². The van der Waals surface area contributed by atoms with Crippen LogP contribution in [0, 0.1) is 0 Å². The van der Waals surface area contributed by atoms with E-state index >= 15 is 0 Å². The van der Waals surface area contributed by atoms with E-state index in [-0.39, 0.29) is 11.3 Å². The highest BCUT2D eigenvalue weighted by Gasteiger charge is 1.98. The molecule has 1 rings (SSSR count). The van der Waals surface area contributed by atoms with Crippen molar-refractivity contribution < 1.29 is 4.79 Å². The number of carbonyl (C=O) groups excluding carboxylic acids is 1. The van der Waals surface area contributed by atoms with Gasteiger partial charge in [-0.3, -0.25) is 9.59 Å². The Kier molecular flexibility index (Phi) is 1.49. The number of primary amides is 1. The number of amides is 1. The molecule has 1 amide bonds. The average Bonchev–Trinajstić information content (AvgIpc) is 1.88. The monoisotopic (exact) mass is 139 g/mol. The number of hydrogen-bond acceptors (Lipinski definition) is 3. The van der Waals surface area contributed by atoms with Gasteiger partial charge >= 0.3 is 0 Å². The van der Waals surface area contributed by atoms with Crippen LogP contribution >= 0.6 is 0 Å². The predicted octanol–water partition coefficient (Wildman–Crippen LogP) is -1.13. The Bertz CT molecular complexity index is 284. The van der Waals surface area contributed by atoms with E-state index in [0.29, 0.717) is 0 Å². The van der Waals surface area contributed by atoms with Crippen LogP contribution in [0.15, 0.2) is 16.9 Å². The molecular weight excluding hydrogens is 134 g/mol. The first-order valence-corrected chi connectivity index (χ1v) is 2.55. The van der Waals surface area contributed by atoms with Crippen LogP contribution in [-0.2, 0) is 0 Å². The second-order valence-corrected chi connectivity index (χ2v) is 1.67. The summed E-state index contributed by atoms with van der Waals surface area (Å²) in [6, 6.07) is 2.45. The molecule has 0 atom stereocenters. The van der Waals surface area contributed by atoms with Crippen molar-refractivity contribution in [3.63, 3.8) is 0 Å². The van der Waals surface area contributed by atoms with Crippen molar-refractivity contribution >= 4 is 5.91 Å². The number of aromatic amines is 1. The molecule has 0 bridgehead atoms. The Morgan fingerprint density at radius 1 is 1.60 bits per heavy atom. The molecule has 0 aliphatic rings. The molecule has 1 aromatic rings. The maximum atomic E-state index is 10.4. The molecule has 52 valence electrons. The van der Waals surface area contributed by atoms with Crippen molar-refractivity contribution in [2.24, 2.45) is 5.73 Å². The van der Waals surface area contributed by atoms with E-state index < -0.39 is 5.91 Å². The van der Waals surface area contributed by atoms with Gasteiger partial charge in [-0.1, -0.05) is 0 Å². The number of H-pyrrole nitrogens is 1. The third kappa shape index (κ3) is 1.19. The van der Waals surface area contributed by atoms with Crippen LogP contribution in [0.4, 0.5) is 0 Å². The van der Waals surface area contributed by atoms with E-state index in [1.807, 2.05) is 0 Å². The molecule has 0 aliphatic heterocycles. The summed E-state index contributed by atoms with van der Waals surface area (Å²) in [4.78, 5) is 20.7. The van der Waals surface area contributed by atoms with Gasteiger partial charge in [0, 0.05) is 6.07 Å². The molecule has 0 unspecified atom stereocenters. The van der Waals surface area contributed by atoms with Gasteiger partial charge in [0.1, 0.15) is 5.69 Å². The number of nitrogens with two attached hydrogens (primary N) is 1. The smallest absolute Gasteiger partial charge is 0.269 e. The van der Waals surface area contributed by atoms with Crippen molar-refractivity contribution in [1.82, 2.24) is 10.2 Å². The van der Waals surface area contributed by atoms with E-state index in [0.717, 1.165) is 0 Å². The maximum Gasteiger partial charge on any atom is 0.269 e. The van der Waals surface area contributed by atoms with E-state index in [9.17, 15) is 9.59 Å². The zero-order chi connectivity index (χ0) is 7.56. The first kappa shape index (κ1) is 6.47. The minimum atomic E-state index is -0.656. The number of rotatable bonds is 1. The first-order valence-electron chi connectivity index (χ1n) is 2.55. The molecule has 0 saturated carbocycles. The normalized spacial score (nSPS) is 9.20.